The number of rotatable bonds is 6. The van der Waals surface area contributed by atoms with Gasteiger partial charge in [-0.3, -0.25) is 0 Å². The maximum absolute atomic E-state index is 12.6. The molecule has 0 saturated heterocycles. The Balaban J connectivity index is 0.00000441. The Morgan fingerprint density at radius 3 is 1.91 bits per heavy atom. The summed E-state index contributed by atoms with van der Waals surface area (Å²) >= 11 is 0. The number of benzene rings is 1. The van der Waals surface area contributed by atoms with Gasteiger partial charge in [-0.05, 0) is 24.1 Å². The summed E-state index contributed by atoms with van der Waals surface area (Å²) < 4.78 is 89.0. The number of alkyl halides is 7. The molecular formula is C12H13ClF7NO. The Morgan fingerprint density at radius 2 is 1.50 bits per heavy atom. The summed E-state index contributed by atoms with van der Waals surface area (Å²) in [6, 6.07) is 3.24. The fraction of sp³-hybridized carbons (Fsp3) is 0.500. The van der Waals surface area contributed by atoms with Crippen LogP contribution < -0.4 is 10.5 Å². The van der Waals surface area contributed by atoms with E-state index in [2.05, 4.69) is 4.74 Å². The maximum atomic E-state index is 12.6. The lowest BCUT2D eigenvalue weighted by Crippen LogP contribution is -2.33. The smallest absolute Gasteiger partial charge is 0.428 e. The quantitative estimate of drug-likeness (QED) is 0.751. The van der Waals surface area contributed by atoms with Gasteiger partial charge in [0, 0.05) is 12.5 Å². The fourth-order valence-corrected chi connectivity index (χ4v) is 1.47. The van der Waals surface area contributed by atoms with Crippen molar-refractivity contribution in [1.29, 1.82) is 0 Å². The van der Waals surface area contributed by atoms with E-state index in [-0.39, 0.29) is 24.4 Å². The zero-order chi connectivity index (χ0) is 16.3. The number of halogens is 8. The molecule has 1 atom stereocenters. The number of ether oxygens (including phenoxy) is 1. The molecule has 1 rings (SSSR count). The van der Waals surface area contributed by atoms with Crippen molar-refractivity contribution < 1.29 is 35.5 Å². The van der Waals surface area contributed by atoms with E-state index in [1.54, 1.807) is 0 Å². The van der Waals surface area contributed by atoms with Crippen LogP contribution in [0.1, 0.15) is 24.4 Å². The largest absolute Gasteiger partial charge is 0.461 e. The normalized spacial score (nSPS) is 13.7. The minimum Gasteiger partial charge on any atom is -0.428 e. The molecule has 0 aliphatic heterocycles. The van der Waals surface area contributed by atoms with Crippen molar-refractivity contribution in [3.8, 4) is 5.75 Å². The van der Waals surface area contributed by atoms with Crippen LogP contribution in [0.2, 0.25) is 0 Å². The number of nitrogens with two attached hydrogens (primary N) is 1. The summed E-state index contributed by atoms with van der Waals surface area (Å²) in [6.07, 6.45) is -14.4. The minimum absolute atomic E-state index is 0. The highest BCUT2D eigenvalue weighted by Gasteiger charge is 2.43. The summed E-state index contributed by atoms with van der Waals surface area (Å²) in [5.41, 5.74) is 5.78. The number of hydrogen-bond acceptors (Lipinski definition) is 2. The van der Waals surface area contributed by atoms with E-state index >= 15 is 0 Å². The Hall–Kier alpha value is -1.22. The summed E-state index contributed by atoms with van der Waals surface area (Å²) in [4.78, 5) is 0. The summed E-state index contributed by atoms with van der Waals surface area (Å²) in [5, 5.41) is 0. The van der Waals surface area contributed by atoms with Crippen LogP contribution in [0.4, 0.5) is 30.7 Å². The Bertz CT molecular complexity index is 450. The van der Waals surface area contributed by atoms with Crippen LogP contribution in [0.15, 0.2) is 24.3 Å². The first-order valence-electron chi connectivity index (χ1n) is 5.78. The summed E-state index contributed by atoms with van der Waals surface area (Å²) in [6.45, 7) is 0. The third-order valence-electron chi connectivity index (χ3n) is 2.56. The molecule has 0 unspecified atom stereocenters. The molecule has 0 aromatic heterocycles. The Labute approximate surface area is 127 Å². The molecule has 2 N–H and O–H groups in total. The predicted octanol–water partition coefficient (Wildman–Crippen LogP) is 4.69. The first kappa shape index (κ1) is 20.8. The standard InChI is InChI=1S/C12H12F7NO.ClH/c13-10(14)12(18,19)21-8-3-1-7(2-4-8)9(20)5-6-11(15,16)17;/h1-4,9-10H,5-6,20H2;1H/t9-;/m0./s1. The van der Waals surface area contributed by atoms with Crippen molar-refractivity contribution in [2.24, 2.45) is 5.73 Å². The van der Waals surface area contributed by atoms with Gasteiger partial charge >= 0.3 is 18.7 Å². The van der Waals surface area contributed by atoms with Crippen LogP contribution in [-0.4, -0.2) is 18.7 Å². The van der Waals surface area contributed by atoms with Crippen LogP contribution in [-0.2, 0) is 0 Å². The maximum Gasteiger partial charge on any atom is 0.461 e. The molecule has 128 valence electrons. The topological polar surface area (TPSA) is 35.2 Å². The van der Waals surface area contributed by atoms with Gasteiger partial charge in [0.25, 0.3) is 0 Å². The van der Waals surface area contributed by atoms with Crippen LogP contribution in [0, 0.1) is 0 Å². The molecule has 0 radical (unpaired) electrons. The Kier molecular flexibility index (Phi) is 7.43. The molecule has 1 aromatic rings. The van der Waals surface area contributed by atoms with E-state index in [1.165, 1.54) is 0 Å². The van der Waals surface area contributed by atoms with Crippen molar-refractivity contribution in [2.45, 2.75) is 37.6 Å². The van der Waals surface area contributed by atoms with Gasteiger partial charge in [0.05, 0.1) is 0 Å². The molecule has 1 aromatic carbocycles. The van der Waals surface area contributed by atoms with Crippen molar-refractivity contribution in [3.05, 3.63) is 29.8 Å². The second-order valence-electron chi connectivity index (χ2n) is 4.29. The van der Waals surface area contributed by atoms with Gasteiger partial charge in [0.2, 0.25) is 0 Å². The SMILES string of the molecule is Cl.N[C@@H](CCC(F)(F)F)c1ccc(OC(F)(F)C(F)F)cc1. The molecule has 0 spiro atoms. The van der Waals surface area contributed by atoms with Gasteiger partial charge in [-0.25, -0.2) is 0 Å². The molecule has 10 heteroatoms. The first-order valence-corrected chi connectivity index (χ1v) is 5.78. The van der Waals surface area contributed by atoms with Crippen molar-refractivity contribution >= 4 is 12.4 Å². The van der Waals surface area contributed by atoms with Crippen molar-refractivity contribution in [3.63, 3.8) is 0 Å². The van der Waals surface area contributed by atoms with Gasteiger partial charge < -0.3 is 10.5 Å². The average molecular weight is 356 g/mol. The van der Waals surface area contributed by atoms with E-state index in [9.17, 15) is 30.7 Å². The van der Waals surface area contributed by atoms with Crippen LogP contribution in [0.3, 0.4) is 0 Å². The van der Waals surface area contributed by atoms with E-state index in [4.69, 9.17) is 5.73 Å². The number of hydrogen-bond donors (Lipinski definition) is 1. The lowest BCUT2D eigenvalue weighted by Gasteiger charge is -2.18. The summed E-state index contributed by atoms with van der Waals surface area (Å²) in [7, 11) is 0. The van der Waals surface area contributed by atoms with Crippen LogP contribution in [0.25, 0.3) is 0 Å². The monoisotopic (exact) mass is 355 g/mol. The van der Waals surface area contributed by atoms with Gasteiger partial charge in [0.15, 0.2) is 0 Å². The Morgan fingerprint density at radius 1 is 1.00 bits per heavy atom. The van der Waals surface area contributed by atoms with Crippen molar-refractivity contribution in [2.75, 3.05) is 0 Å². The third kappa shape index (κ3) is 6.69. The average Bonchev–Trinajstić information content (AvgIpc) is 2.35. The van der Waals surface area contributed by atoms with E-state index in [1.807, 2.05) is 0 Å². The van der Waals surface area contributed by atoms with Gasteiger partial charge in [-0.1, -0.05) is 12.1 Å². The van der Waals surface area contributed by atoms with E-state index in [0.29, 0.717) is 0 Å². The molecule has 0 amide bonds. The molecule has 2 nitrogen and oxygen atoms in total. The second kappa shape index (κ2) is 7.87. The highest BCUT2D eigenvalue weighted by Crippen LogP contribution is 2.30. The zero-order valence-electron chi connectivity index (χ0n) is 10.9. The third-order valence-corrected chi connectivity index (χ3v) is 2.56. The molecule has 0 heterocycles. The van der Waals surface area contributed by atoms with Crippen LogP contribution >= 0.6 is 12.4 Å². The molecule has 0 saturated carbocycles. The van der Waals surface area contributed by atoms with E-state index in [0.717, 1.165) is 24.3 Å². The van der Waals surface area contributed by atoms with E-state index < -0.39 is 36.9 Å². The molecular weight excluding hydrogens is 343 g/mol. The zero-order valence-corrected chi connectivity index (χ0v) is 11.7. The van der Waals surface area contributed by atoms with Gasteiger partial charge in [-0.2, -0.15) is 30.7 Å². The van der Waals surface area contributed by atoms with Gasteiger partial charge in [0.1, 0.15) is 5.75 Å². The molecule has 0 aliphatic rings. The highest BCUT2D eigenvalue weighted by atomic mass is 35.5. The summed E-state index contributed by atoms with van der Waals surface area (Å²) in [5.74, 6) is -0.535. The fourth-order valence-electron chi connectivity index (χ4n) is 1.47. The lowest BCUT2D eigenvalue weighted by atomic mass is 10.0. The molecule has 0 aliphatic carbocycles. The molecule has 22 heavy (non-hydrogen) atoms. The minimum atomic E-state index is -4.64. The predicted molar refractivity (Wildman–Crippen MR) is 67.5 cm³/mol. The first-order chi connectivity index (χ1) is 9.51. The van der Waals surface area contributed by atoms with Gasteiger partial charge in [-0.15, -0.1) is 12.4 Å². The highest BCUT2D eigenvalue weighted by molar-refractivity contribution is 5.85. The second-order valence-corrected chi connectivity index (χ2v) is 4.29. The molecule has 0 bridgehead atoms. The van der Waals surface area contributed by atoms with Crippen LogP contribution in [0.5, 0.6) is 5.75 Å². The molecule has 0 fully saturated rings. The lowest BCUT2D eigenvalue weighted by molar-refractivity contribution is -0.253. The van der Waals surface area contributed by atoms with Crippen molar-refractivity contribution in [1.82, 2.24) is 0 Å².